The molecule has 3 rings (SSSR count). The summed E-state index contributed by atoms with van der Waals surface area (Å²) < 4.78 is 3.92. The molecule has 2 amide bonds. The van der Waals surface area contributed by atoms with Gasteiger partial charge in [0.1, 0.15) is 11.9 Å². The van der Waals surface area contributed by atoms with Gasteiger partial charge in [-0.15, -0.1) is 0 Å². The summed E-state index contributed by atoms with van der Waals surface area (Å²) in [7, 11) is 3.75. The van der Waals surface area contributed by atoms with Gasteiger partial charge in [-0.3, -0.25) is 4.68 Å². The van der Waals surface area contributed by atoms with Gasteiger partial charge >= 0.3 is 6.03 Å². The summed E-state index contributed by atoms with van der Waals surface area (Å²) in [6.45, 7) is 5.48. The molecule has 1 aromatic carbocycles. The van der Waals surface area contributed by atoms with Crippen LogP contribution in [0.2, 0.25) is 0 Å². The van der Waals surface area contributed by atoms with Gasteiger partial charge in [-0.2, -0.15) is 5.10 Å². The minimum atomic E-state index is -0.299. The molecule has 28 heavy (non-hydrogen) atoms. The Bertz CT molecular complexity index is 914. The molecule has 1 atom stereocenters. The lowest BCUT2D eigenvalue weighted by molar-refractivity contribution is 0.204. The molecule has 0 spiro atoms. The number of aryl methyl sites for hydroxylation is 4. The Labute approximate surface area is 166 Å². The average Bonchev–Trinajstić information content (AvgIpc) is 3.24. The van der Waals surface area contributed by atoms with Crippen LogP contribution in [0.4, 0.5) is 4.79 Å². The lowest BCUT2D eigenvalue weighted by atomic mass is 10.1. The molecule has 2 aromatic heterocycles. The van der Waals surface area contributed by atoms with Crippen molar-refractivity contribution in [1.82, 2.24) is 29.5 Å². The predicted octanol–water partition coefficient (Wildman–Crippen LogP) is 3.05. The highest BCUT2D eigenvalue weighted by atomic mass is 16.2. The number of benzene rings is 1. The van der Waals surface area contributed by atoms with Crippen molar-refractivity contribution in [3.8, 4) is 0 Å². The highest BCUT2D eigenvalue weighted by Gasteiger charge is 2.22. The van der Waals surface area contributed by atoms with Crippen LogP contribution in [0.1, 0.15) is 35.2 Å². The zero-order valence-corrected chi connectivity index (χ0v) is 17.0. The van der Waals surface area contributed by atoms with Gasteiger partial charge in [0.05, 0.1) is 5.69 Å². The lowest BCUT2D eigenvalue weighted by Gasteiger charge is -2.24. The first-order valence-electron chi connectivity index (χ1n) is 9.50. The van der Waals surface area contributed by atoms with Gasteiger partial charge in [-0.1, -0.05) is 30.3 Å². The summed E-state index contributed by atoms with van der Waals surface area (Å²) in [5.41, 5.74) is 3.16. The van der Waals surface area contributed by atoms with E-state index in [1.807, 2.05) is 73.7 Å². The van der Waals surface area contributed by atoms with Gasteiger partial charge in [-0.05, 0) is 31.9 Å². The maximum absolute atomic E-state index is 12.8. The van der Waals surface area contributed by atoms with Crippen LogP contribution < -0.4 is 5.32 Å². The fourth-order valence-electron chi connectivity index (χ4n) is 3.29. The summed E-state index contributed by atoms with van der Waals surface area (Å²) in [5.74, 6) is 0.801. The first-order chi connectivity index (χ1) is 13.5. The van der Waals surface area contributed by atoms with Crippen LogP contribution >= 0.6 is 0 Å². The van der Waals surface area contributed by atoms with Gasteiger partial charge in [0.15, 0.2) is 0 Å². The SMILES string of the molecule is Cc1cc(C)n(CCCN(C)C(=O)N[C@@H](c2ccccc2)c2nccn2C)n1. The Hall–Kier alpha value is -3.09. The zero-order valence-electron chi connectivity index (χ0n) is 17.0. The van der Waals surface area contributed by atoms with E-state index in [-0.39, 0.29) is 12.1 Å². The van der Waals surface area contributed by atoms with E-state index in [0.29, 0.717) is 6.54 Å². The number of imidazole rings is 1. The van der Waals surface area contributed by atoms with Crippen molar-refractivity contribution in [3.63, 3.8) is 0 Å². The zero-order chi connectivity index (χ0) is 20.1. The number of urea groups is 1. The first-order valence-corrected chi connectivity index (χ1v) is 9.50. The largest absolute Gasteiger partial charge is 0.336 e. The number of carbonyl (C=O) groups is 1. The molecule has 7 nitrogen and oxygen atoms in total. The van der Waals surface area contributed by atoms with E-state index in [2.05, 4.69) is 21.5 Å². The molecule has 0 saturated heterocycles. The van der Waals surface area contributed by atoms with Crippen molar-refractivity contribution in [2.75, 3.05) is 13.6 Å². The third-order valence-corrected chi connectivity index (χ3v) is 4.83. The van der Waals surface area contributed by atoms with E-state index in [0.717, 1.165) is 35.7 Å². The second-order valence-corrected chi connectivity index (χ2v) is 7.11. The highest BCUT2D eigenvalue weighted by molar-refractivity contribution is 5.74. The Morgan fingerprint density at radius 3 is 2.61 bits per heavy atom. The van der Waals surface area contributed by atoms with Crippen LogP contribution in [-0.4, -0.2) is 43.9 Å². The van der Waals surface area contributed by atoms with E-state index in [9.17, 15) is 4.79 Å². The molecule has 7 heteroatoms. The third kappa shape index (κ3) is 4.60. The second-order valence-electron chi connectivity index (χ2n) is 7.11. The predicted molar refractivity (Wildman–Crippen MR) is 109 cm³/mol. The van der Waals surface area contributed by atoms with E-state index in [4.69, 9.17) is 0 Å². The summed E-state index contributed by atoms with van der Waals surface area (Å²) in [5, 5.41) is 7.59. The maximum atomic E-state index is 12.8. The van der Waals surface area contributed by atoms with E-state index in [1.54, 1.807) is 11.1 Å². The van der Waals surface area contributed by atoms with Crippen LogP contribution in [0.3, 0.4) is 0 Å². The number of hydrogen-bond acceptors (Lipinski definition) is 3. The first kappa shape index (κ1) is 19.7. The minimum Gasteiger partial charge on any atom is -0.336 e. The fraction of sp³-hybridized carbons (Fsp3) is 0.381. The van der Waals surface area contributed by atoms with Gasteiger partial charge in [0.25, 0.3) is 0 Å². The molecule has 2 heterocycles. The smallest absolute Gasteiger partial charge is 0.317 e. The van der Waals surface area contributed by atoms with Crippen LogP contribution in [0, 0.1) is 13.8 Å². The standard InChI is InChI=1S/C21H28N6O/c1-16-15-17(2)27(24-16)13-8-12-26(4)21(28)23-19(18-9-6-5-7-10-18)20-22-11-14-25(20)3/h5-7,9-11,14-15,19H,8,12-13H2,1-4H3,(H,23,28)/t19-/m0/s1. The van der Waals surface area contributed by atoms with E-state index in [1.165, 1.54) is 0 Å². The summed E-state index contributed by atoms with van der Waals surface area (Å²) >= 11 is 0. The van der Waals surface area contributed by atoms with E-state index < -0.39 is 0 Å². The van der Waals surface area contributed by atoms with Crippen molar-refractivity contribution in [3.05, 3.63) is 71.6 Å². The number of nitrogens with one attached hydrogen (secondary N) is 1. The van der Waals surface area contributed by atoms with E-state index >= 15 is 0 Å². The number of carbonyl (C=O) groups excluding carboxylic acids is 1. The van der Waals surface area contributed by atoms with Gasteiger partial charge < -0.3 is 14.8 Å². The molecular formula is C21H28N6O. The van der Waals surface area contributed by atoms with Gasteiger partial charge in [-0.25, -0.2) is 9.78 Å². The van der Waals surface area contributed by atoms with Crippen molar-refractivity contribution in [2.24, 2.45) is 7.05 Å². The molecule has 0 radical (unpaired) electrons. The molecule has 3 aromatic rings. The second kappa shape index (κ2) is 8.73. The van der Waals surface area contributed by atoms with Crippen molar-refractivity contribution >= 4 is 6.03 Å². The van der Waals surface area contributed by atoms with Gasteiger partial charge in [0, 0.05) is 45.3 Å². The number of hydrogen-bond donors (Lipinski definition) is 1. The summed E-state index contributed by atoms with van der Waals surface area (Å²) in [4.78, 5) is 19.0. The molecule has 0 aliphatic rings. The lowest BCUT2D eigenvalue weighted by Crippen LogP contribution is -2.41. The molecule has 0 saturated carbocycles. The van der Waals surface area contributed by atoms with Crippen LogP contribution in [-0.2, 0) is 13.6 Å². The quantitative estimate of drug-likeness (QED) is 0.685. The number of amides is 2. The topological polar surface area (TPSA) is 68.0 Å². The molecule has 0 fully saturated rings. The maximum Gasteiger partial charge on any atom is 0.317 e. The Kier molecular flexibility index (Phi) is 6.13. The number of aromatic nitrogens is 4. The van der Waals surface area contributed by atoms with Crippen molar-refractivity contribution < 1.29 is 4.79 Å². The number of nitrogens with zero attached hydrogens (tertiary/aromatic N) is 5. The molecule has 0 aliphatic carbocycles. The van der Waals surface area contributed by atoms with Gasteiger partial charge in [0.2, 0.25) is 0 Å². The third-order valence-electron chi connectivity index (χ3n) is 4.83. The summed E-state index contributed by atoms with van der Waals surface area (Å²) in [6, 6.07) is 11.5. The molecule has 148 valence electrons. The van der Waals surface area contributed by atoms with Crippen molar-refractivity contribution in [1.29, 1.82) is 0 Å². The molecule has 0 aliphatic heterocycles. The highest BCUT2D eigenvalue weighted by Crippen LogP contribution is 2.20. The molecule has 1 N–H and O–H groups in total. The van der Waals surface area contributed by atoms with Crippen LogP contribution in [0.15, 0.2) is 48.8 Å². The Balaban J connectivity index is 1.63. The molecule has 0 bridgehead atoms. The average molecular weight is 380 g/mol. The van der Waals surface area contributed by atoms with Crippen molar-refractivity contribution in [2.45, 2.75) is 32.9 Å². The minimum absolute atomic E-state index is 0.120. The molecule has 0 unspecified atom stereocenters. The summed E-state index contributed by atoms with van der Waals surface area (Å²) in [6.07, 6.45) is 4.47. The van der Waals surface area contributed by atoms with Crippen LogP contribution in [0.25, 0.3) is 0 Å². The number of rotatable bonds is 7. The Morgan fingerprint density at radius 1 is 1.25 bits per heavy atom. The normalized spacial score (nSPS) is 12.0. The monoisotopic (exact) mass is 380 g/mol. The fourth-order valence-corrected chi connectivity index (χ4v) is 3.29. The molecular weight excluding hydrogens is 352 g/mol. The Morgan fingerprint density at radius 2 is 2.00 bits per heavy atom. The van der Waals surface area contributed by atoms with Crippen LogP contribution in [0.5, 0.6) is 0 Å².